The van der Waals surface area contributed by atoms with E-state index in [2.05, 4.69) is 5.32 Å². The molecule has 0 saturated heterocycles. The lowest BCUT2D eigenvalue weighted by Crippen LogP contribution is -2.20. The van der Waals surface area contributed by atoms with Gasteiger partial charge >= 0.3 is 6.18 Å². The summed E-state index contributed by atoms with van der Waals surface area (Å²) in [5.74, 6) is 0. The van der Waals surface area contributed by atoms with E-state index in [9.17, 15) is 18.3 Å². The quantitative estimate of drug-likeness (QED) is 0.406. The van der Waals surface area contributed by atoms with Gasteiger partial charge in [0.2, 0.25) is 0 Å². The van der Waals surface area contributed by atoms with E-state index in [1.807, 2.05) is 13.8 Å². The molecule has 0 fully saturated rings. The summed E-state index contributed by atoms with van der Waals surface area (Å²) in [6.07, 6.45) is -6.34. The number of hydrogen-bond acceptors (Lipinski definition) is 4. The van der Waals surface area contributed by atoms with Gasteiger partial charge in [0.05, 0.1) is 11.3 Å². The minimum absolute atomic E-state index is 0.0165. The Balaban J connectivity index is 0.00000190. The zero-order valence-electron chi connectivity index (χ0n) is 15.0. The number of anilines is 1. The van der Waals surface area contributed by atoms with Crippen molar-refractivity contribution in [2.45, 2.75) is 32.7 Å². The molecule has 1 atom stereocenters. The highest BCUT2D eigenvalue weighted by atomic mass is 35.5. The third-order valence-corrected chi connectivity index (χ3v) is 4.10. The Morgan fingerprint density at radius 2 is 1.86 bits per heavy atom. The Morgan fingerprint density at radius 3 is 2.39 bits per heavy atom. The molecule has 0 aromatic heterocycles. The molecule has 3 N–H and O–H groups in total. The van der Waals surface area contributed by atoms with Crippen molar-refractivity contribution in [2.24, 2.45) is 0 Å². The van der Waals surface area contributed by atoms with Crippen molar-refractivity contribution in [3.8, 4) is 6.07 Å². The van der Waals surface area contributed by atoms with E-state index >= 15 is 0 Å². The lowest BCUT2D eigenvalue weighted by molar-refractivity contribution is -0.137. The van der Waals surface area contributed by atoms with Crippen LogP contribution in [-0.2, 0) is 12.7 Å². The van der Waals surface area contributed by atoms with Crippen molar-refractivity contribution >= 4 is 34.6 Å². The van der Waals surface area contributed by atoms with Gasteiger partial charge in [-0.15, -0.1) is 0 Å². The number of aliphatic hydroxyl groups excluding tert-OH is 1. The number of nitrogens with zero attached hydrogens (tertiary/aromatic N) is 1. The smallest absolute Gasteiger partial charge is 0.380 e. The highest BCUT2D eigenvalue weighted by Crippen LogP contribution is 2.33. The van der Waals surface area contributed by atoms with E-state index in [4.69, 9.17) is 33.9 Å². The van der Waals surface area contributed by atoms with Crippen LogP contribution in [0.2, 0.25) is 10.0 Å². The number of nitriles is 1. The van der Waals surface area contributed by atoms with Gasteiger partial charge in [-0.2, -0.15) is 18.4 Å². The second-order valence-electron chi connectivity index (χ2n) is 5.29. The first-order valence-corrected chi connectivity index (χ1v) is 8.94. The number of hydrogen-bond donors (Lipinski definition) is 3. The minimum atomic E-state index is -4.58. The van der Waals surface area contributed by atoms with Gasteiger partial charge in [0.1, 0.15) is 6.07 Å². The molecule has 1 unspecified atom stereocenters. The molecule has 2 rings (SSSR count). The van der Waals surface area contributed by atoms with Gasteiger partial charge in [0, 0.05) is 27.8 Å². The van der Waals surface area contributed by atoms with E-state index in [1.165, 1.54) is 12.1 Å². The van der Waals surface area contributed by atoms with E-state index in [0.29, 0.717) is 15.6 Å². The number of aliphatic hydroxyl groups is 1. The van der Waals surface area contributed by atoms with Crippen molar-refractivity contribution in [2.75, 3.05) is 5.32 Å². The minimum Gasteiger partial charge on any atom is -0.380 e. The topological polar surface area (TPSA) is 79.9 Å². The van der Waals surface area contributed by atoms with Crippen LogP contribution in [0.1, 0.15) is 30.5 Å². The summed E-state index contributed by atoms with van der Waals surface area (Å²) >= 11 is 11.9. The maximum atomic E-state index is 13.0. The van der Waals surface area contributed by atoms with Crippen LogP contribution in [0, 0.1) is 16.7 Å². The molecular weight excluding hydrogens is 414 g/mol. The first kappa shape index (κ1) is 23.8. The van der Waals surface area contributed by atoms with Crippen LogP contribution in [0.4, 0.5) is 18.9 Å². The van der Waals surface area contributed by atoms with Crippen LogP contribution >= 0.6 is 23.2 Å². The average molecular weight is 432 g/mol. The third-order valence-electron chi connectivity index (χ3n) is 3.52. The van der Waals surface area contributed by atoms with Crippen molar-refractivity contribution in [3.63, 3.8) is 0 Å². The first-order chi connectivity index (χ1) is 13.1. The summed E-state index contributed by atoms with van der Waals surface area (Å²) < 4.78 is 38.9. The second-order valence-corrected chi connectivity index (χ2v) is 6.14. The normalized spacial score (nSPS) is 11.7. The maximum absolute atomic E-state index is 13.0. The predicted molar refractivity (Wildman–Crippen MR) is 105 cm³/mol. The van der Waals surface area contributed by atoms with E-state index in [-0.39, 0.29) is 17.8 Å². The van der Waals surface area contributed by atoms with Crippen molar-refractivity contribution in [1.82, 2.24) is 0 Å². The van der Waals surface area contributed by atoms with Crippen molar-refractivity contribution < 1.29 is 18.3 Å². The largest absolute Gasteiger partial charge is 0.416 e. The summed E-state index contributed by atoms with van der Waals surface area (Å²) in [6.45, 7) is 4.06. The Hall–Kier alpha value is -2.27. The lowest BCUT2D eigenvalue weighted by atomic mass is 10.0. The molecule has 2 aromatic rings. The first-order valence-electron chi connectivity index (χ1n) is 8.19. The molecule has 2 aromatic carbocycles. The van der Waals surface area contributed by atoms with Crippen LogP contribution in [0.15, 0.2) is 36.4 Å². The van der Waals surface area contributed by atoms with E-state index in [0.717, 1.165) is 18.2 Å². The highest BCUT2D eigenvalue weighted by molar-refractivity contribution is 6.35. The molecule has 0 aliphatic carbocycles. The van der Waals surface area contributed by atoms with Crippen LogP contribution in [0.5, 0.6) is 0 Å². The molecule has 150 valence electrons. The average Bonchev–Trinajstić information content (AvgIpc) is 2.66. The maximum Gasteiger partial charge on any atom is 0.416 e. The fraction of sp³-hybridized carbons (Fsp3) is 0.263. The van der Waals surface area contributed by atoms with Gasteiger partial charge in [0.15, 0.2) is 6.10 Å². The van der Waals surface area contributed by atoms with E-state index in [1.54, 1.807) is 12.1 Å². The number of nitrogens with one attached hydrogen (secondary N) is 2. The van der Waals surface area contributed by atoms with Gasteiger partial charge < -0.3 is 15.8 Å². The number of alkyl halides is 3. The predicted octanol–water partition coefficient (Wildman–Crippen LogP) is 5.90. The van der Waals surface area contributed by atoms with Crippen molar-refractivity contribution in [3.05, 3.63) is 63.1 Å². The SMILES string of the molecule is CC.N#CC(O)C(=N)c1ccc(C(F)(F)F)cc1NCc1ccc(Cl)cc1Cl. The Labute approximate surface area is 171 Å². The molecule has 0 amide bonds. The van der Waals surface area contributed by atoms with Gasteiger partial charge in [-0.05, 0) is 29.8 Å². The molecule has 4 nitrogen and oxygen atoms in total. The Morgan fingerprint density at radius 1 is 1.21 bits per heavy atom. The number of halogens is 5. The summed E-state index contributed by atoms with van der Waals surface area (Å²) in [5, 5.41) is 29.6. The zero-order chi connectivity index (χ0) is 21.5. The fourth-order valence-corrected chi connectivity index (χ4v) is 2.64. The highest BCUT2D eigenvalue weighted by Gasteiger charge is 2.31. The molecule has 0 aliphatic heterocycles. The summed E-state index contributed by atoms with van der Waals surface area (Å²) in [7, 11) is 0. The lowest BCUT2D eigenvalue weighted by Gasteiger charge is -2.17. The van der Waals surface area contributed by atoms with Crippen LogP contribution in [-0.4, -0.2) is 16.9 Å². The summed E-state index contributed by atoms with van der Waals surface area (Å²) in [5.41, 5.74) is -0.926. The molecule has 0 spiro atoms. The standard InChI is InChI=1S/C17H12Cl2F3N3O.C2H6/c18-11-3-1-9(13(19)6-11)8-25-14-5-10(17(20,21)22)2-4-12(14)16(24)15(26)7-23;1-2/h1-6,15,24-26H,8H2;1-2H3. The fourth-order valence-electron chi connectivity index (χ4n) is 2.17. The number of benzene rings is 2. The molecular formula is C19H18Cl2F3N3O. The third kappa shape index (κ3) is 6.13. The van der Waals surface area contributed by atoms with Crippen molar-refractivity contribution in [1.29, 1.82) is 10.7 Å². The number of rotatable bonds is 5. The van der Waals surface area contributed by atoms with Gasteiger partial charge in [-0.3, -0.25) is 0 Å². The molecule has 0 saturated carbocycles. The molecule has 28 heavy (non-hydrogen) atoms. The van der Waals surface area contributed by atoms with Crippen LogP contribution in [0.3, 0.4) is 0 Å². The summed E-state index contributed by atoms with van der Waals surface area (Å²) in [6, 6.07) is 8.80. The van der Waals surface area contributed by atoms with Crippen LogP contribution < -0.4 is 5.32 Å². The molecule has 0 radical (unpaired) electrons. The zero-order valence-corrected chi connectivity index (χ0v) is 16.5. The monoisotopic (exact) mass is 431 g/mol. The molecule has 0 aliphatic rings. The Bertz CT molecular complexity index is 880. The van der Waals surface area contributed by atoms with Crippen LogP contribution in [0.25, 0.3) is 0 Å². The van der Waals surface area contributed by atoms with Gasteiger partial charge in [0.25, 0.3) is 0 Å². The Kier molecular flexibility index (Phi) is 8.76. The second kappa shape index (κ2) is 10.3. The molecule has 0 heterocycles. The molecule has 0 bridgehead atoms. The van der Waals surface area contributed by atoms with Gasteiger partial charge in [-0.1, -0.05) is 49.2 Å². The molecule has 9 heteroatoms. The summed E-state index contributed by atoms with van der Waals surface area (Å²) in [4.78, 5) is 0. The van der Waals surface area contributed by atoms with E-state index < -0.39 is 23.6 Å². The van der Waals surface area contributed by atoms with Gasteiger partial charge in [-0.25, -0.2) is 0 Å².